The number of benzene rings is 2. The third-order valence-corrected chi connectivity index (χ3v) is 7.55. The van der Waals surface area contributed by atoms with E-state index in [2.05, 4.69) is 9.97 Å². The van der Waals surface area contributed by atoms with E-state index in [4.69, 9.17) is 0 Å². The van der Waals surface area contributed by atoms with Crippen LogP contribution < -0.4 is 5.56 Å². The van der Waals surface area contributed by atoms with Crippen LogP contribution in [0, 0.1) is 0 Å². The first-order chi connectivity index (χ1) is 14.5. The molecule has 0 fully saturated rings. The van der Waals surface area contributed by atoms with Gasteiger partial charge in [0.05, 0.1) is 22.3 Å². The number of sulfonamides is 1. The molecule has 0 unspecified atom stereocenters. The van der Waals surface area contributed by atoms with Crippen LogP contribution >= 0.6 is 0 Å². The first-order valence-electron chi connectivity index (χ1n) is 10.6. The van der Waals surface area contributed by atoms with Crippen LogP contribution in [0.5, 0.6) is 0 Å². The molecular formula is C23H27N3O3S. The minimum Gasteiger partial charge on any atom is -0.309 e. The number of aromatic nitrogens is 2. The lowest BCUT2D eigenvalue weighted by Gasteiger charge is -2.23. The lowest BCUT2D eigenvalue weighted by Crippen LogP contribution is -2.33. The molecule has 6 nitrogen and oxygen atoms in total. The molecule has 3 aromatic rings. The molecule has 1 aliphatic carbocycles. The Morgan fingerprint density at radius 2 is 1.83 bits per heavy atom. The summed E-state index contributed by atoms with van der Waals surface area (Å²) >= 11 is 0. The number of fused-ring (bicyclic) bond motifs is 2. The summed E-state index contributed by atoms with van der Waals surface area (Å²) in [6.45, 7) is 2.45. The fourth-order valence-corrected chi connectivity index (χ4v) is 5.51. The number of aromatic amines is 1. The smallest absolute Gasteiger partial charge is 0.258 e. The average molecular weight is 426 g/mol. The number of aryl methyl sites for hydroxylation is 2. The second kappa shape index (κ2) is 8.70. The second-order valence-corrected chi connectivity index (χ2v) is 9.80. The Hall–Kier alpha value is -2.51. The number of para-hydroxylation sites is 1. The molecule has 0 aliphatic heterocycles. The van der Waals surface area contributed by atoms with E-state index in [0.29, 0.717) is 28.2 Å². The molecule has 0 saturated heterocycles. The van der Waals surface area contributed by atoms with Gasteiger partial charge >= 0.3 is 0 Å². The monoisotopic (exact) mass is 425 g/mol. The van der Waals surface area contributed by atoms with Gasteiger partial charge in [0.15, 0.2) is 0 Å². The Bertz CT molecular complexity index is 1220. The molecule has 7 heteroatoms. The van der Waals surface area contributed by atoms with Crippen molar-refractivity contribution in [2.45, 2.75) is 56.9 Å². The van der Waals surface area contributed by atoms with Crippen molar-refractivity contribution in [2.24, 2.45) is 0 Å². The number of rotatable bonds is 7. The summed E-state index contributed by atoms with van der Waals surface area (Å²) in [6, 6.07) is 12.6. The maximum Gasteiger partial charge on any atom is 0.258 e. The number of H-pyrrole nitrogens is 1. The summed E-state index contributed by atoms with van der Waals surface area (Å²) < 4.78 is 28.4. The molecule has 0 atom stereocenters. The normalized spacial score (nSPS) is 14.2. The molecule has 30 heavy (non-hydrogen) atoms. The van der Waals surface area contributed by atoms with Gasteiger partial charge in [-0.2, -0.15) is 4.31 Å². The summed E-state index contributed by atoms with van der Waals surface area (Å²) in [7, 11) is -3.70. The van der Waals surface area contributed by atoms with Gasteiger partial charge in [-0.25, -0.2) is 13.4 Å². The molecule has 1 aliphatic rings. The first kappa shape index (κ1) is 20.8. The van der Waals surface area contributed by atoms with Crippen molar-refractivity contribution < 1.29 is 8.42 Å². The second-order valence-electron chi connectivity index (χ2n) is 7.86. The van der Waals surface area contributed by atoms with Crippen LogP contribution in [0.3, 0.4) is 0 Å². The Kier molecular flexibility index (Phi) is 6.01. The van der Waals surface area contributed by atoms with Crippen molar-refractivity contribution in [1.29, 1.82) is 0 Å². The Labute approximate surface area is 177 Å². The highest BCUT2D eigenvalue weighted by Crippen LogP contribution is 2.26. The summed E-state index contributed by atoms with van der Waals surface area (Å²) in [5.74, 6) is 0.358. The molecule has 1 N–H and O–H groups in total. The maximum absolute atomic E-state index is 13.5. The summed E-state index contributed by atoms with van der Waals surface area (Å²) in [5.41, 5.74) is 2.70. The van der Waals surface area contributed by atoms with E-state index in [1.165, 1.54) is 9.87 Å². The highest BCUT2D eigenvalue weighted by molar-refractivity contribution is 7.89. The number of hydrogen-bond acceptors (Lipinski definition) is 4. The van der Waals surface area contributed by atoms with E-state index in [0.717, 1.165) is 44.1 Å². The molecule has 158 valence electrons. The van der Waals surface area contributed by atoms with Crippen LogP contribution in [0.2, 0.25) is 0 Å². The van der Waals surface area contributed by atoms with E-state index in [9.17, 15) is 13.2 Å². The van der Waals surface area contributed by atoms with Crippen LogP contribution in [0.15, 0.2) is 52.2 Å². The van der Waals surface area contributed by atoms with Gasteiger partial charge in [0, 0.05) is 6.54 Å². The van der Waals surface area contributed by atoms with Gasteiger partial charge in [-0.3, -0.25) is 4.79 Å². The lowest BCUT2D eigenvalue weighted by molar-refractivity contribution is 0.389. The van der Waals surface area contributed by atoms with Gasteiger partial charge in [0.2, 0.25) is 10.0 Å². The zero-order valence-corrected chi connectivity index (χ0v) is 18.0. The van der Waals surface area contributed by atoms with Gasteiger partial charge in [-0.05, 0) is 67.5 Å². The molecule has 1 aromatic heterocycles. The zero-order valence-electron chi connectivity index (χ0n) is 17.2. The largest absolute Gasteiger partial charge is 0.309 e. The van der Waals surface area contributed by atoms with Crippen LogP contribution in [-0.4, -0.2) is 29.2 Å². The first-order valence-corrected chi connectivity index (χ1v) is 12.0. The summed E-state index contributed by atoms with van der Waals surface area (Å²) in [4.78, 5) is 20.0. The van der Waals surface area contributed by atoms with Crippen molar-refractivity contribution in [2.75, 3.05) is 6.54 Å². The zero-order chi connectivity index (χ0) is 21.1. The van der Waals surface area contributed by atoms with Crippen LogP contribution in [0.1, 0.15) is 49.6 Å². The van der Waals surface area contributed by atoms with Crippen LogP contribution in [0.25, 0.3) is 10.9 Å². The Balaban J connectivity index is 1.69. The van der Waals surface area contributed by atoms with Crippen molar-refractivity contribution >= 4 is 20.9 Å². The highest BCUT2D eigenvalue weighted by Gasteiger charge is 2.26. The van der Waals surface area contributed by atoms with Gasteiger partial charge in [0.25, 0.3) is 5.56 Å². The van der Waals surface area contributed by atoms with Gasteiger partial charge in [-0.15, -0.1) is 0 Å². The van der Waals surface area contributed by atoms with Crippen LogP contribution in [0.4, 0.5) is 0 Å². The summed E-state index contributed by atoms with van der Waals surface area (Å²) in [5, 5.41) is 0.499. The van der Waals surface area contributed by atoms with E-state index in [-0.39, 0.29) is 12.1 Å². The SMILES string of the molecule is CCCCN(Cc1nc2ccccc2c(=O)[nH]1)S(=O)(=O)c1ccc2c(c1)CCCC2. The molecule has 0 amide bonds. The number of unbranched alkanes of at least 4 members (excludes halogenated alkanes) is 1. The third kappa shape index (κ3) is 4.18. The maximum atomic E-state index is 13.5. The number of nitrogens with one attached hydrogen (secondary N) is 1. The van der Waals surface area contributed by atoms with Crippen molar-refractivity contribution in [3.8, 4) is 0 Å². The predicted octanol–water partition coefficient (Wildman–Crippen LogP) is 3.79. The predicted molar refractivity (Wildman–Crippen MR) is 118 cm³/mol. The molecule has 1 heterocycles. The van der Waals surface area contributed by atoms with Gasteiger partial charge < -0.3 is 4.98 Å². The fraction of sp³-hybridized carbons (Fsp3) is 0.391. The van der Waals surface area contributed by atoms with Crippen molar-refractivity contribution in [3.63, 3.8) is 0 Å². The van der Waals surface area contributed by atoms with E-state index < -0.39 is 10.0 Å². The van der Waals surface area contributed by atoms with Crippen LogP contribution in [-0.2, 0) is 29.4 Å². The molecular weight excluding hydrogens is 398 g/mol. The lowest BCUT2D eigenvalue weighted by atomic mass is 9.92. The quantitative estimate of drug-likeness (QED) is 0.624. The number of hydrogen-bond donors (Lipinski definition) is 1. The van der Waals surface area contributed by atoms with E-state index in [1.54, 1.807) is 24.3 Å². The number of nitrogens with zero attached hydrogens (tertiary/aromatic N) is 2. The van der Waals surface area contributed by atoms with Crippen molar-refractivity contribution in [1.82, 2.24) is 14.3 Å². The van der Waals surface area contributed by atoms with E-state index in [1.807, 2.05) is 25.1 Å². The molecule has 0 radical (unpaired) electrons. The highest BCUT2D eigenvalue weighted by atomic mass is 32.2. The molecule has 4 rings (SSSR count). The summed E-state index contributed by atoms with van der Waals surface area (Å²) in [6.07, 6.45) is 5.80. The third-order valence-electron chi connectivity index (χ3n) is 5.71. The van der Waals surface area contributed by atoms with Gasteiger partial charge in [-0.1, -0.05) is 31.5 Å². The Morgan fingerprint density at radius 3 is 2.63 bits per heavy atom. The fourth-order valence-electron chi connectivity index (χ4n) is 4.01. The average Bonchev–Trinajstić information content (AvgIpc) is 2.76. The topological polar surface area (TPSA) is 83.1 Å². The Morgan fingerprint density at radius 1 is 1.07 bits per heavy atom. The molecule has 2 aromatic carbocycles. The molecule has 0 saturated carbocycles. The van der Waals surface area contributed by atoms with Crippen molar-refractivity contribution in [3.05, 3.63) is 69.8 Å². The molecule has 0 spiro atoms. The van der Waals surface area contributed by atoms with Gasteiger partial charge in [0.1, 0.15) is 5.82 Å². The molecule has 0 bridgehead atoms. The standard InChI is InChI=1S/C23H27N3O3S/c1-2-3-14-26(16-22-24-21-11-7-6-10-20(21)23(27)25-22)30(28,29)19-13-12-17-8-4-5-9-18(17)15-19/h6-7,10-13,15H,2-5,8-9,14,16H2,1H3,(H,24,25,27). The minimum absolute atomic E-state index is 0.0412. The van der Waals surface area contributed by atoms with E-state index >= 15 is 0 Å². The minimum atomic E-state index is -3.70.